The molecular formula is C20H31ClN2O3. The second-order valence-corrected chi connectivity index (χ2v) is 6.84. The van der Waals surface area contributed by atoms with Crippen LogP contribution in [0, 0.1) is 5.92 Å². The molecule has 0 spiro atoms. The summed E-state index contributed by atoms with van der Waals surface area (Å²) < 4.78 is 5.64. The summed E-state index contributed by atoms with van der Waals surface area (Å²) in [4.78, 5) is 23.5. The lowest BCUT2D eigenvalue weighted by atomic mass is 9.84. The zero-order chi connectivity index (χ0) is 18.1. The van der Waals surface area contributed by atoms with Gasteiger partial charge in [-0.05, 0) is 44.2 Å². The van der Waals surface area contributed by atoms with Crippen LogP contribution in [0.25, 0.3) is 0 Å². The van der Waals surface area contributed by atoms with Gasteiger partial charge in [-0.15, -0.1) is 12.4 Å². The Morgan fingerprint density at radius 1 is 1.27 bits per heavy atom. The quantitative estimate of drug-likeness (QED) is 0.506. The number of halogens is 1. The van der Waals surface area contributed by atoms with Crippen LogP contribution in [0.1, 0.15) is 62.2 Å². The van der Waals surface area contributed by atoms with Gasteiger partial charge in [-0.1, -0.05) is 31.4 Å². The first kappa shape index (κ1) is 22.5. The summed E-state index contributed by atoms with van der Waals surface area (Å²) in [5.74, 6) is 1.24. The topological polar surface area (TPSA) is 81.4 Å². The Morgan fingerprint density at radius 2 is 2.00 bits per heavy atom. The summed E-state index contributed by atoms with van der Waals surface area (Å²) in [6, 6.07) is 7.21. The third-order valence-corrected chi connectivity index (χ3v) is 4.88. The minimum atomic E-state index is 0. The van der Waals surface area contributed by atoms with Gasteiger partial charge in [0.25, 0.3) is 0 Å². The molecule has 1 amide bonds. The molecule has 0 saturated heterocycles. The lowest BCUT2D eigenvalue weighted by molar-refractivity contribution is -0.122. The third-order valence-electron chi connectivity index (χ3n) is 4.88. The van der Waals surface area contributed by atoms with E-state index in [2.05, 4.69) is 5.32 Å². The molecule has 146 valence electrons. The van der Waals surface area contributed by atoms with Crippen molar-refractivity contribution >= 4 is 24.1 Å². The molecular weight excluding hydrogens is 352 g/mol. The molecule has 0 aromatic heterocycles. The van der Waals surface area contributed by atoms with Crippen LogP contribution in [0.5, 0.6) is 5.75 Å². The van der Waals surface area contributed by atoms with Crippen LogP contribution < -0.4 is 15.8 Å². The van der Waals surface area contributed by atoms with Crippen molar-refractivity contribution in [3.63, 3.8) is 0 Å². The molecule has 1 aliphatic carbocycles. The summed E-state index contributed by atoms with van der Waals surface area (Å²) >= 11 is 0. The fourth-order valence-electron chi connectivity index (χ4n) is 3.41. The van der Waals surface area contributed by atoms with E-state index in [1.54, 1.807) is 18.2 Å². The molecule has 1 aliphatic rings. The summed E-state index contributed by atoms with van der Waals surface area (Å²) in [6.07, 6.45) is 7.17. The largest absolute Gasteiger partial charge is 0.494 e. The molecule has 2 rings (SSSR count). The number of ether oxygens (including phenoxy) is 1. The van der Waals surface area contributed by atoms with Gasteiger partial charge in [-0.25, -0.2) is 0 Å². The van der Waals surface area contributed by atoms with Crippen LogP contribution in [0.4, 0.5) is 0 Å². The van der Waals surface area contributed by atoms with Crippen molar-refractivity contribution in [1.82, 2.24) is 5.32 Å². The molecule has 0 radical (unpaired) electrons. The minimum absolute atomic E-state index is 0. The van der Waals surface area contributed by atoms with E-state index in [-0.39, 0.29) is 30.1 Å². The van der Waals surface area contributed by atoms with Crippen LogP contribution in [-0.4, -0.2) is 30.9 Å². The van der Waals surface area contributed by atoms with Crippen LogP contribution in [0.15, 0.2) is 24.3 Å². The number of nitrogens with two attached hydrogens (primary N) is 1. The normalized spacial score (nSPS) is 15.6. The molecule has 1 unspecified atom stereocenters. The Hall–Kier alpha value is -1.59. The average molecular weight is 383 g/mol. The highest BCUT2D eigenvalue weighted by atomic mass is 35.5. The molecule has 5 nitrogen and oxygen atoms in total. The van der Waals surface area contributed by atoms with Gasteiger partial charge < -0.3 is 15.8 Å². The molecule has 1 aromatic carbocycles. The molecule has 0 bridgehead atoms. The average Bonchev–Trinajstić information content (AvgIpc) is 2.64. The Morgan fingerprint density at radius 3 is 2.65 bits per heavy atom. The molecule has 6 heteroatoms. The number of carbonyl (C=O) groups is 2. The van der Waals surface area contributed by atoms with Crippen LogP contribution in [0.2, 0.25) is 0 Å². The van der Waals surface area contributed by atoms with E-state index in [9.17, 15) is 9.59 Å². The number of rotatable bonds is 9. The monoisotopic (exact) mass is 382 g/mol. The Balaban J connectivity index is 0.00000338. The number of nitrogens with one attached hydrogen (secondary N) is 1. The summed E-state index contributed by atoms with van der Waals surface area (Å²) in [5.41, 5.74) is 6.49. The zero-order valence-corrected chi connectivity index (χ0v) is 16.4. The second kappa shape index (κ2) is 11.9. The van der Waals surface area contributed by atoms with Gasteiger partial charge in [0.1, 0.15) is 5.75 Å². The fraction of sp³-hybridized carbons (Fsp3) is 0.600. The SMILES string of the molecule is CC(=O)c1cccc(OCCCC(=O)NC(CN)C2CCCCC2)c1.Cl. The van der Waals surface area contributed by atoms with Crippen molar-refractivity contribution in [1.29, 1.82) is 0 Å². The summed E-state index contributed by atoms with van der Waals surface area (Å²) in [6.45, 7) is 2.49. The van der Waals surface area contributed by atoms with Gasteiger partial charge >= 0.3 is 0 Å². The van der Waals surface area contributed by atoms with Crippen LogP contribution >= 0.6 is 12.4 Å². The Labute approximate surface area is 162 Å². The number of Topliss-reactive ketones (excluding diaryl/α,β-unsaturated/α-hetero) is 1. The molecule has 1 fully saturated rings. The third kappa shape index (κ3) is 7.34. The number of hydrogen-bond acceptors (Lipinski definition) is 4. The second-order valence-electron chi connectivity index (χ2n) is 6.84. The molecule has 26 heavy (non-hydrogen) atoms. The lowest BCUT2D eigenvalue weighted by Gasteiger charge is -2.30. The number of hydrogen-bond donors (Lipinski definition) is 2. The van der Waals surface area contributed by atoms with E-state index >= 15 is 0 Å². The Bertz CT molecular complexity index is 574. The van der Waals surface area contributed by atoms with Gasteiger partial charge in [0.05, 0.1) is 6.61 Å². The lowest BCUT2D eigenvalue weighted by Crippen LogP contribution is -2.45. The minimum Gasteiger partial charge on any atom is -0.494 e. The van der Waals surface area contributed by atoms with Gasteiger partial charge in [0.15, 0.2) is 5.78 Å². The highest BCUT2D eigenvalue weighted by molar-refractivity contribution is 5.94. The molecule has 0 aliphatic heterocycles. The maximum atomic E-state index is 12.1. The highest BCUT2D eigenvalue weighted by Gasteiger charge is 2.23. The number of benzene rings is 1. The molecule has 3 N–H and O–H groups in total. The summed E-state index contributed by atoms with van der Waals surface area (Å²) in [5, 5.41) is 3.09. The first-order valence-corrected chi connectivity index (χ1v) is 9.33. The van der Waals surface area contributed by atoms with Crippen molar-refractivity contribution in [2.75, 3.05) is 13.2 Å². The van der Waals surface area contributed by atoms with Crippen LogP contribution in [-0.2, 0) is 4.79 Å². The number of amides is 1. The molecule has 0 heterocycles. The smallest absolute Gasteiger partial charge is 0.220 e. The van der Waals surface area contributed by atoms with E-state index in [1.165, 1.54) is 26.2 Å². The van der Waals surface area contributed by atoms with Crippen LogP contribution in [0.3, 0.4) is 0 Å². The van der Waals surface area contributed by atoms with Crippen molar-refractivity contribution in [2.45, 2.75) is 57.9 Å². The predicted octanol–water partition coefficient (Wildman–Crippen LogP) is 3.49. The fourth-order valence-corrected chi connectivity index (χ4v) is 3.41. The molecule has 1 aromatic rings. The first-order chi connectivity index (χ1) is 12.1. The number of carbonyl (C=O) groups excluding carboxylic acids is 2. The van der Waals surface area contributed by atoms with E-state index in [4.69, 9.17) is 10.5 Å². The Kier molecular flexibility index (Phi) is 10.3. The molecule has 1 saturated carbocycles. The maximum Gasteiger partial charge on any atom is 0.220 e. The van der Waals surface area contributed by atoms with Crippen molar-refractivity contribution in [2.24, 2.45) is 11.7 Å². The van der Waals surface area contributed by atoms with Gasteiger partial charge in [0.2, 0.25) is 5.91 Å². The van der Waals surface area contributed by atoms with Crippen molar-refractivity contribution in [3.05, 3.63) is 29.8 Å². The van der Waals surface area contributed by atoms with Crippen molar-refractivity contribution in [3.8, 4) is 5.75 Å². The van der Waals surface area contributed by atoms with E-state index < -0.39 is 0 Å². The van der Waals surface area contributed by atoms with Gasteiger partial charge in [0, 0.05) is 24.6 Å². The first-order valence-electron chi connectivity index (χ1n) is 9.33. The molecule has 1 atom stereocenters. The highest BCUT2D eigenvalue weighted by Crippen LogP contribution is 2.26. The standard InChI is InChI=1S/C20H30N2O3.ClH/c1-15(23)17-9-5-10-18(13-17)25-12-6-11-20(24)22-19(14-21)16-7-3-2-4-8-16;/h5,9-10,13,16,19H,2-4,6-8,11-12,14,21H2,1H3,(H,22,24);1H. The zero-order valence-electron chi connectivity index (χ0n) is 15.5. The van der Waals surface area contributed by atoms with Crippen molar-refractivity contribution < 1.29 is 14.3 Å². The number of ketones is 1. The van der Waals surface area contributed by atoms with E-state index in [0.29, 0.717) is 43.2 Å². The van der Waals surface area contributed by atoms with Gasteiger partial charge in [-0.2, -0.15) is 0 Å². The van der Waals surface area contributed by atoms with Gasteiger partial charge in [-0.3, -0.25) is 9.59 Å². The summed E-state index contributed by atoms with van der Waals surface area (Å²) in [7, 11) is 0. The van der Waals surface area contributed by atoms with E-state index in [0.717, 1.165) is 12.8 Å². The van der Waals surface area contributed by atoms with E-state index in [1.807, 2.05) is 6.07 Å². The maximum absolute atomic E-state index is 12.1. The predicted molar refractivity (Wildman–Crippen MR) is 106 cm³/mol.